The van der Waals surface area contributed by atoms with E-state index in [2.05, 4.69) is 9.89 Å². The lowest BCUT2D eigenvalue weighted by molar-refractivity contribution is -0.129. The fourth-order valence-electron chi connectivity index (χ4n) is 3.56. The molecule has 2 aliphatic heterocycles. The molecule has 0 N–H and O–H groups in total. The SMILES string of the molecule is O=C1OC(c2cccc(Cl)c2)=N/C1=C/c1cc2ccccc2nc1N1CCOCC1. The smallest absolute Gasteiger partial charge is 0.363 e. The van der Waals surface area contributed by atoms with E-state index in [1.54, 1.807) is 30.3 Å². The maximum atomic E-state index is 12.5. The Bertz CT molecular complexity index is 1200. The van der Waals surface area contributed by atoms with Gasteiger partial charge in [-0.25, -0.2) is 14.8 Å². The Labute approximate surface area is 178 Å². The summed E-state index contributed by atoms with van der Waals surface area (Å²) in [5, 5.41) is 1.55. The van der Waals surface area contributed by atoms with Crippen molar-refractivity contribution in [3.8, 4) is 0 Å². The number of morpholine rings is 1. The van der Waals surface area contributed by atoms with Gasteiger partial charge in [-0.05, 0) is 36.4 Å². The van der Waals surface area contributed by atoms with Crippen molar-refractivity contribution in [3.05, 3.63) is 76.4 Å². The van der Waals surface area contributed by atoms with Gasteiger partial charge in [0.15, 0.2) is 5.70 Å². The minimum atomic E-state index is -0.494. The highest BCUT2D eigenvalue weighted by Crippen LogP contribution is 2.28. The molecule has 6 nitrogen and oxygen atoms in total. The first-order chi connectivity index (χ1) is 14.7. The molecule has 30 heavy (non-hydrogen) atoms. The fourth-order valence-corrected chi connectivity index (χ4v) is 3.75. The summed E-state index contributed by atoms with van der Waals surface area (Å²) < 4.78 is 10.9. The van der Waals surface area contributed by atoms with Crippen LogP contribution in [0.15, 0.2) is 65.3 Å². The molecule has 0 spiro atoms. The van der Waals surface area contributed by atoms with E-state index in [-0.39, 0.29) is 11.6 Å². The molecular weight excluding hydrogens is 402 g/mol. The quantitative estimate of drug-likeness (QED) is 0.473. The summed E-state index contributed by atoms with van der Waals surface area (Å²) in [6.07, 6.45) is 1.74. The minimum Gasteiger partial charge on any atom is -0.402 e. The molecule has 1 fully saturated rings. The summed E-state index contributed by atoms with van der Waals surface area (Å²) in [4.78, 5) is 24.0. The van der Waals surface area contributed by atoms with E-state index in [1.165, 1.54) is 0 Å². The molecule has 0 radical (unpaired) electrons. The number of nitrogens with zero attached hydrogens (tertiary/aromatic N) is 3. The van der Waals surface area contributed by atoms with Crippen LogP contribution < -0.4 is 4.90 Å². The van der Waals surface area contributed by atoms with Gasteiger partial charge < -0.3 is 14.4 Å². The van der Waals surface area contributed by atoms with Crippen LogP contribution in [0.3, 0.4) is 0 Å². The third-order valence-corrected chi connectivity index (χ3v) is 5.26. The zero-order valence-electron chi connectivity index (χ0n) is 16.0. The van der Waals surface area contributed by atoms with Gasteiger partial charge in [-0.15, -0.1) is 0 Å². The molecule has 0 amide bonds. The van der Waals surface area contributed by atoms with Gasteiger partial charge in [-0.2, -0.15) is 0 Å². The largest absolute Gasteiger partial charge is 0.402 e. The number of para-hydroxylation sites is 1. The van der Waals surface area contributed by atoms with Gasteiger partial charge in [0.05, 0.1) is 18.7 Å². The maximum Gasteiger partial charge on any atom is 0.363 e. The predicted molar refractivity (Wildman–Crippen MR) is 117 cm³/mol. The predicted octanol–water partition coefficient (Wildman–Crippen LogP) is 4.07. The molecule has 1 aromatic heterocycles. The zero-order chi connectivity index (χ0) is 20.5. The van der Waals surface area contributed by atoms with Crippen molar-refractivity contribution in [1.82, 2.24) is 4.98 Å². The molecule has 5 rings (SSSR count). The Morgan fingerprint density at radius 1 is 1.03 bits per heavy atom. The second kappa shape index (κ2) is 7.89. The molecule has 0 atom stereocenters. The summed E-state index contributed by atoms with van der Waals surface area (Å²) in [6, 6.07) is 17.0. The third kappa shape index (κ3) is 3.67. The molecule has 0 aliphatic carbocycles. The van der Waals surface area contributed by atoms with Gasteiger partial charge in [0.1, 0.15) is 5.82 Å². The van der Waals surface area contributed by atoms with Crippen LogP contribution in [0.4, 0.5) is 5.82 Å². The van der Waals surface area contributed by atoms with E-state index in [9.17, 15) is 4.79 Å². The number of ether oxygens (including phenoxy) is 2. The van der Waals surface area contributed by atoms with Crippen LogP contribution >= 0.6 is 11.6 Å². The van der Waals surface area contributed by atoms with Crippen LogP contribution in [0.2, 0.25) is 5.02 Å². The molecule has 1 saturated heterocycles. The molecule has 150 valence electrons. The number of pyridine rings is 1. The Kier molecular flexibility index (Phi) is 4.94. The first-order valence-corrected chi connectivity index (χ1v) is 10.1. The lowest BCUT2D eigenvalue weighted by Crippen LogP contribution is -2.37. The number of rotatable bonds is 3. The number of esters is 1. The van der Waals surface area contributed by atoms with Gasteiger partial charge in [-0.1, -0.05) is 35.9 Å². The molecule has 7 heteroatoms. The Hall–Kier alpha value is -3.22. The molecule has 3 aromatic rings. The van der Waals surface area contributed by atoms with Crippen molar-refractivity contribution in [2.75, 3.05) is 31.2 Å². The lowest BCUT2D eigenvalue weighted by Gasteiger charge is -2.29. The van der Waals surface area contributed by atoms with Crippen molar-refractivity contribution in [3.63, 3.8) is 0 Å². The zero-order valence-corrected chi connectivity index (χ0v) is 16.8. The summed E-state index contributed by atoms with van der Waals surface area (Å²) in [6.45, 7) is 2.76. The van der Waals surface area contributed by atoms with E-state index in [0.717, 1.165) is 35.4 Å². The molecule has 2 aromatic carbocycles. The summed E-state index contributed by atoms with van der Waals surface area (Å²) in [5.41, 5.74) is 2.61. The van der Waals surface area contributed by atoms with E-state index in [4.69, 9.17) is 26.1 Å². The number of aliphatic imine (C=N–C) groups is 1. The molecule has 3 heterocycles. The van der Waals surface area contributed by atoms with Crippen molar-refractivity contribution < 1.29 is 14.3 Å². The van der Waals surface area contributed by atoms with Gasteiger partial charge in [0.2, 0.25) is 5.90 Å². The highest BCUT2D eigenvalue weighted by molar-refractivity contribution is 6.31. The van der Waals surface area contributed by atoms with Gasteiger partial charge >= 0.3 is 5.97 Å². The number of carbonyl (C=O) groups is 1. The topological polar surface area (TPSA) is 64.0 Å². The van der Waals surface area contributed by atoms with Gasteiger partial charge in [0, 0.05) is 34.6 Å². The number of hydrogen-bond donors (Lipinski definition) is 0. The number of cyclic esters (lactones) is 1. The van der Waals surface area contributed by atoms with Gasteiger partial charge in [-0.3, -0.25) is 0 Å². The Balaban J connectivity index is 1.59. The second-order valence-electron chi connectivity index (χ2n) is 7.04. The van der Waals surface area contributed by atoms with Crippen LogP contribution in [-0.4, -0.2) is 43.2 Å². The lowest BCUT2D eigenvalue weighted by atomic mass is 10.1. The summed E-state index contributed by atoms with van der Waals surface area (Å²) in [7, 11) is 0. The normalized spacial score (nSPS) is 18.0. The van der Waals surface area contributed by atoms with Crippen molar-refractivity contribution in [1.29, 1.82) is 0 Å². The maximum absolute atomic E-state index is 12.5. The monoisotopic (exact) mass is 419 g/mol. The molecule has 0 unspecified atom stereocenters. The molecule has 0 bridgehead atoms. The van der Waals surface area contributed by atoms with E-state index < -0.39 is 5.97 Å². The summed E-state index contributed by atoms with van der Waals surface area (Å²) in [5.74, 6) is 0.560. The number of benzene rings is 2. The van der Waals surface area contributed by atoms with Crippen LogP contribution in [0, 0.1) is 0 Å². The fraction of sp³-hybridized carbons (Fsp3) is 0.174. The third-order valence-electron chi connectivity index (χ3n) is 5.03. The van der Waals surface area contributed by atoms with Crippen molar-refractivity contribution in [2.24, 2.45) is 4.99 Å². The average molecular weight is 420 g/mol. The number of hydrogen-bond acceptors (Lipinski definition) is 6. The number of fused-ring (bicyclic) bond motifs is 1. The molecule has 2 aliphatic rings. The highest BCUT2D eigenvalue weighted by atomic mass is 35.5. The van der Waals surface area contributed by atoms with Crippen LogP contribution in [0.25, 0.3) is 17.0 Å². The van der Waals surface area contributed by atoms with Crippen LogP contribution in [0.1, 0.15) is 11.1 Å². The molecule has 0 saturated carbocycles. The molecular formula is C23H18ClN3O3. The Morgan fingerprint density at radius 2 is 1.87 bits per heavy atom. The van der Waals surface area contributed by atoms with Gasteiger partial charge in [0.25, 0.3) is 0 Å². The second-order valence-corrected chi connectivity index (χ2v) is 7.48. The summed E-state index contributed by atoms with van der Waals surface area (Å²) >= 11 is 6.05. The highest BCUT2D eigenvalue weighted by Gasteiger charge is 2.25. The number of anilines is 1. The first-order valence-electron chi connectivity index (χ1n) is 9.68. The number of aromatic nitrogens is 1. The van der Waals surface area contributed by atoms with E-state index in [1.807, 2.05) is 30.3 Å². The Morgan fingerprint density at radius 3 is 2.70 bits per heavy atom. The number of halogens is 1. The average Bonchev–Trinajstić information content (AvgIpc) is 3.14. The van der Waals surface area contributed by atoms with E-state index >= 15 is 0 Å². The van der Waals surface area contributed by atoms with Crippen molar-refractivity contribution >= 4 is 46.3 Å². The standard InChI is InChI=1S/C23H18ClN3O3/c24-18-6-3-5-16(13-18)22-26-20(23(28)30-22)14-17-12-15-4-1-2-7-19(15)25-21(17)27-8-10-29-11-9-27/h1-7,12-14H,8-11H2/b20-14+. The number of carbonyl (C=O) groups excluding carboxylic acids is 1. The van der Waals surface area contributed by atoms with Crippen LogP contribution in [0.5, 0.6) is 0 Å². The minimum absolute atomic E-state index is 0.233. The first kappa shape index (κ1) is 18.8. The van der Waals surface area contributed by atoms with E-state index in [0.29, 0.717) is 23.8 Å². The van der Waals surface area contributed by atoms with Crippen LogP contribution in [-0.2, 0) is 14.3 Å². The van der Waals surface area contributed by atoms with Crippen molar-refractivity contribution in [2.45, 2.75) is 0 Å².